The molecule has 0 saturated heterocycles. The fourth-order valence-corrected chi connectivity index (χ4v) is 18.3. The number of carbonyl (C=O) groups is 6. The maximum Gasteiger partial charge on any atom is 0.277 e. The average molecular weight is 1860 g/mol. The van der Waals surface area contributed by atoms with Crippen molar-refractivity contribution in [3.05, 3.63) is 380 Å². The van der Waals surface area contributed by atoms with E-state index in [9.17, 15) is 37.5 Å². The molecule has 0 spiro atoms. The molecule has 7 N–H and O–H groups in total. The van der Waals surface area contributed by atoms with Crippen molar-refractivity contribution >= 4 is 46.4 Å². The zero-order valence-corrected chi connectivity index (χ0v) is 76.6. The Morgan fingerprint density at radius 1 is 0.287 bits per heavy atom. The number of aliphatic hydroxyl groups is 5. The van der Waals surface area contributed by atoms with Gasteiger partial charge in [-0.05, 0) is 165 Å². The van der Waals surface area contributed by atoms with E-state index in [2.05, 4.69) is 158 Å². The number of hydroxylamine groups is 1. The van der Waals surface area contributed by atoms with Crippen LogP contribution in [-0.2, 0) is 71.0 Å². The number of nitrogens with zero attached hydrogens (tertiary/aromatic N) is 12. The Hall–Kier alpha value is -13.3. The number of hydrogen-bond acceptors (Lipinski definition) is 24. The SMILES string of the molecule is Cc1ccc(C2(Cc3ncc(C(=O)CO)cn3)CC2)cc1.O=C(CO)c1cnc(CC2(c3ccc(F)cc3)CCCCC2)nc1.O=C(CO)c1cnc(CC2(c3cccc(Cl)c3)CC2)nc1.O=C(CO)c1cnc(CC2(c3cccc(F)c3)CCCCC2)nc1.O=C(CO)c1cnc(CC2(c3ccccc3)CC2)nc1.O=C(NO)c1cnc(CC2(c3ccc(-c4ccccc4)cc3)CC2)nc1. The largest absolute Gasteiger partial charge is 0.388 e. The number of carbonyl (C=O) groups excluding carboxylic acids is 6. The first-order valence-corrected chi connectivity index (χ1v) is 46.4. The highest BCUT2D eigenvalue weighted by Gasteiger charge is 2.48. The van der Waals surface area contributed by atoms with Gasteiger partial charge in [0.05, 0.1) is 33.4 Å². The number of Topliss-reactive ketones (excluding diaryl/α,β-unsaturated/α-hetero) is 5. The highest BCUT2D eigenvalue weighted by atomic mass is 35.5. The molecule has 6 aliphatic carbocycles. The molecule has 7 aromatic carbocycles. The standard InChI is InChI=1S/C21H19N3O2.2C19H21FN2O2.C17H18N2O2.C16H15ClN2O2.C16H16N2O2/c25-20(24-26)17-13-22-19(23-14-17)12-21(10-11-21)18-8-6-16(7-9-18)15-4-2-1-3-5-15;20-16-6-4-15(5-7-16)19(8-2-1-3-9-19)10-18-21-11-14(12-22-18)17(24)13-23;20-16-6-4-5-15(9-16)19(7-2-1-3-8-19)10-18-21-11-14(12-22-18)17(24)13-23;1-12-2-4-14(5-3-12)17(6-7-17)8-16-18-9-13(10-19-16)15(21)11-20;17-13-3-1-2-12(6-13)16(4-5-16)7-15-18-8-11(9-19-15)14(21)10-20;19-11-14(20)12-9-17-15(18-10-12)8-16(6-7-16)13-4-2-1-3-5-13/h1-9,13-14,26H,10-12H2,(H,24,25);4-7,11-12,23H,1-3,8-10,13H2;4-6,9,11-12,23H,1-3,7-8,10,13H2;2-5,9-10,20H,6-8,11H2,1H3;1-3,6,8-9,20H,4-5,7,10H2;1-5,9-10,19H,6-8,11H2. The van der Waals surface area contributed by atoms with Crippen molar-refractivity contribution < 1.29 is 68.3 Å². The second-order valence-electron chi connectivity index (χ2n) is 36.2. The molecule has 19 rings (SSSR count). The summed E-state index contributed by atoms with van der Waals surface area (Å²) in [7, 11) is 0. The van der Waals surface area contributed by atoms with Gasteiger partial charge in [-0.1, -0.05) is 201 Å². The van der Waals surface area contributed by atoms with Crippen LogP contribution in [0.1, 0.15) is 252 Å². The van der Waals surface area contributed by atoms with Crippen LogP contribution in [0.15, 0.2) is 256 Å². The lowest BCUT2D eigenvalue weighted by Crippen LogP contribution is -2.32. The second-order valence-corrected chi connectivity index (χ2v) is 36.7. The minimum atomic E-state index is -0.603. The van der Waals surface area contributed by atoms with Crippen LogP contribution in [0.5, 0.6) is 0 Å². The van der Waals surface area contributed by atoms with Crippen LogP contribution in [0, 0.1) is 18.6 Å². The zero-order chi connectivity index (χ0) is 95.7. The molecule has 6 saturated carbocycles. The topological polar surface area (TPSA) is 391 Å². The van der Waals surface area contributed by atoms with Crippen LogP contribution in [-0.4, -0.2) is 158 Å². The molecular formula is C108H110ClF2N13O12. The Balaban J connectivity index is 0.000000131. The van der Waals surface area contributed by atoms with Crippen molar-refractivity contribution in [1.29, 1.82) is 0 Å². The number of hydrogen-bond donors (Lipinski definition) is 7. The lowest BCUT2D eigenvalue weighted by Gasteiger charge is -2.37. The van der Waals surface area contributed by atoms with Gasteiger partial charge in [-0.3, -0.25) is 34.0 Å². The highest BCUT2D eigenvalue weighted by Crippen LogP contribution is 2.54. The van der Waals surface area contributed by atoms with Crippen molar-refractivity contribution in [3.8, 4) is 11.1 Å². The third kappa shape index (κ3) is 25.9. The van der Waals surface area contributed by atoms with E-state index < -0.39 is 38.9 Å². The van der Waals surface area contributed by atoms with Crippen molar-refractivity contribution in [2.45, 2.75) is 194 Å². The van der Waals surface area contributed by atoms with Crippen molar-refractivity contribution in [2.75, 3.05) is 33.0 Å². The normalized spacial score (nSPS) is 15.9. The van der Waals surface area contributed by atoms with Gasteiger partial charge in [-0.15, -0.1) is 0 Å². The molecule has 1 amide bonds. The molecule has 28 heteroatoms. The van der Waals surface area contributed by atoms with E-state index in [4.69, 9.17) is 42.3 Å². The molecule has 0 unspecified atom stereocenters. The number of nitrogens with one attached hydrogen (secondary N) is 1. The van der Waals surface area contributed by atoms with Gasteiger partial charge >= 0.3 is 0 Å². The lowest BCUT2D eigenvalue weighted by molar-refractivity contribution is 0.0704. The quantitative estimate of drug-likeness (QED) is 0.0125. The maximum atomic E-state index is 13.7. The van der Waals surface area contributed by atoms with Crippen LogP contribution >= 0.6 is 11.6 Å². The Kier molecular flexibility index (Phi) is 33.3. The fourth-order valence-electron chi connectivity index (χ4n) is 18.1. The van der Waals surface area contributed by atoms with Gasteiger partial charge in [-0.2, -0.15) is 0 Å². The summed E-state index contributed by atoms with van der Waals surface area (Å²) < 4.78 is 27.0. The molecule has 0 bridgehead atoms. The number of aliphatic hydroxyl groups excluding tert-OH is 5. The van der Waals surface area contributed by atoms with Crippen LogP contribution in [0.25, 0.3) is 11.1 Å². The Bertz CT molecular complexity index is 6180. The number of rotatable bonds is 30. The van der Waals surface area contributed by atoms with E-state index in [0.717, 1.165) is 156 Å². The molecule has 700 valence electrons. The maximum absolute atomic E-state index is 13.7. The predicted octanol–water partition coefficient (Wildman–Crippen LogP) is 16.7. The second kappa shape index (κ2) is 45.9. The van der Waals surface area contributed by atoms with Gasteiger partial charge in [0.1, 0.15) is 79.6 Å². The molecule has 0 atom stereocenters. The Morgan fingerprint density at radius 3 is 0.853 bits per heavy atom. The first-order chi connectivity index (χ1) is 65.9. The van der Waals surface area contributed by atoms with Crippen molar-refractivity contribution in [2.24, 2.45) is 0 Å². The van der Waals surface area contributed by atoms with Gasteiger partial charge in [-0.25, -0.2) is 74.1 Å². The van der Waals surface area contributed by atoms with Crippen LogP contribution in [0.2, 0.25) is 5.02 Å². The fraction of sp³-hybridized carbons (Fsp3) is 0.333. The predicted molar refractivity (Wildman–Crippen MR) is 508 cm³/mol. The first-order valence-electron chi connectivity index (χ1n) is 46.0. The summed E-state index contributed by atoms with van der Waals surface area (Å²) in [6.07, 6.45) is 42.1. The molecule has 0 radical (unpaired) electrons. The molecule has 13 aromatic rings. The van der Waals surface area contributed by atoms with E-state index in [0.29, 0.717) is 64.0 Å². The smallest absolute Gasteiger partial charge is 0.277 e. The van der Waals surface area contributed by atoms with Gasteiger partial charge in [0.25, 0.3) is 5.91 Å². The molecule has 0 aliphatic heterocycles. The summed E-state index contributed by atoms with van der Waals surface area (Å²) in [6.45, 7) is -0.524. The summed E-state index contributed by atoms with van der Waals surface area (Å²) in [5.74, 6) is 1.37. The van der Waals surface area contributed by atoms with Gasteiger partial charge in [0.2, 0.25) is 0 Å². The number of ketones is 5. The van der Waals surface area contributed by atoms with E-state index >= 15 is 0 Å². The summed E-state index contributed by atoms with van der Waals surface area (Å²) in [6, 6.07) is 59.6. The zero-order valence-electron chi connectivity index (χ0n) is 75.9. The number of halogens is 3. The molecular weight excluding hydrogens is 1740 g/mol. The van der Waals surface area contributed by atoms with Crippen LogP contribution in [0.3, 0.4) is 0 Å². The van der Waals surface area contributed by atoms with Gasteiger partial charge < -0.3 is 25.5 Å². The van der Waals surface area contributed by atoms with E-state index in [-0.39, 0.29) is 78.6 Å². The van der Waals surface area contributed by atoms with E-state index in [1.54, 1.807) is 17.6 Å². The number of amides is 1. The summed E-state index contributed by atoms with van der Waals surface area (Å²) in [5, 5.41) is 53.6. The van der Waals surface area contributed by atoms with Crippen LogP contribution in [0.4, 0.5) is 8.78 Å². The monoisotopic (exact) mass is 1850 g/mol. The summed E-state index contributed by atoms with van der Waals surface area (Å²) in [4.78, 5) is 120. The lowest BCUT2D eigenvalue weighted by atomic mass is 9.67. The molecule has 6 aliphatic rings. The van der Waals surface area contributed by atoms with Crippen LogP contribution < -0.4 is 5.48 Å². The summed E-state index contributed by atoms with van der Waals surface area (Å²) >= 11 is 6.06. The molecule has 136 heavy (non-hydrogen) atoms. The minimum Gasteiger partial charge on any atom is -0.388 e. The number of aromatic nitrogens is 12. The number of benzene rings is 7. The Morgan fingerprint density at radius 2 is 0.544 bits per heavy atom. The van der Waals surface area contributed by atoms with E-state index in [1.807, 2.05) is 60.7 Å². The highest BCUT2D eigenvalue weighted by molar-refractivity contribution is 6.30. The molecule has 6 heterocycles. The summed E-state index contributed by atoms with van der Waals surface area (Å²) in [5.41, 5.74) is 14.8. The molecule has 6 aromatic heterocycles. The number of aryl methyl sites for hydroxylation is 1. The van der Waals surface area contributed by atoms with Crippen molar-refractivity contribution in [1.82, 2.24) is 65.3 Å². The third-order valence-electron chi connectivity index (χ3n) is 26.9. The van der Waals surface area contributed by atoms with Gasteiger partial charge in [0, 0.05) is 150 Å². The third-order valence-corrected chi connectivity index (χ3v) is 27.2. The van der Waals surface area contributed by atoms with E-state index in [1.165, 1.54) is 144 Å². The minimum absolute atomic E-state index is 0.0749. The van der Waals surface area contributed by atoms with Crippen molar-refractivity contribution in [3.63, 3.8) is 0 Å². The molecule has 6 fully saturated rings. The average Bonchev–Trinajstić information content (AvgIpc) is 1.53. The Labute approximate surface area is 793 Å². The first kappa shape index (κ1) is 98.7. The molecule has 25 nitrogen and oxygen atoms in total. The van der Waals surface area contributed by atoms with Gasteiger partial charge in [0.15, 0.2) is 28.9 Å².